The maximum atomic E-state index is 5.94. The molecule has 0 saturated carbocycles. The van der Waals surface area contributed by atoms with Crippen molar-refractivity contribution in [3.63, 3.8) is 0 Å². The molecular formula is C12H19N5O2. The van der Waals surface area contributed by atoms with E-state index in [1.54, 1.807) is 10.9 Å². The van der Waals surface area contributed by atoms with Crippen molar-refractivity contribution in [1.29, 1.82) is 0 Å². The number of nitrogens with two attached hydrogens (primary N) is 1. The second kappa shape index (κ2) is 5.94. The van der Waals surface area contributed by atoms with Crippen LogP contribution in [0.1, 0.15) is 30.9 Å². The zero-order valence-corrected chi connectivity index (χ0v) is 11.5. The summed E-state index contributed by atoms with van der Waals surface area (Å²) in [6.45, 7) is 5.05. The van der Waals surface area contributed by atoms with Crippen LogP contribution in [0, 0.1) is 6.92 Å². The fourth-order valence-corrected chi connectivity index (χ4v) is 1.63. The summed E-state index contributed by atoms with van der Waals surface area (Å²) in [5.41, 5.74) is 7.73. The predicted octanol–water partition coefficient (Wildman–Crippen LogP) is 1.20. The number of rotatable bonds is 6. The molecule has 0 aromatic carbocycles. The van der Waals surface area contributed by atoms with Gasteiger partial charge in [-0.05, 0) is 13.3 Å². The molecular weight excluding hydrogens is 246 g/mol. The van der Waals surface area contributed by atoms with E-state index in [0.29, 0.717) is 24.9 Å². The first-order valence-corrected chi connectivity index (χ1v) is 6.29. The van der Waals surface area contributed by atoms with Gasteiger partial charge in [-0.2, -0.15) is 10.1 Å². The van der Waals surface area contributed by atoms with E-state index in [9.17, 15) is 0 Å². The standard InChI is InChI=1S/C12H19N5O2/c1-4-5-18-7-10(13)11-15-12(19-16-11)9-6-14-17(3)8(9)2/h6,10H,4-5,7,13H2,1-3H3. The van der Waals surface area contributed by atoms with Crippen LogP contribution >= 0.6 is 0 Å². The fourth-order valence-electron chi connectivity index (χ4n) is 1.63. The average Bonchev–Trinajstić information content (AvgIpc) is 2.99. The summed E-state index contributed by atoms with van der Waals surface area (Å²) in [6.07, 6.45) is 2.66. The van der Waals surface area contributed by atoms with Gasteiger partial charge >= 0.3 is 0 Å². The van der Waals surface area contributed by atoms with Crippen LogP contribution in [0.2, 0.25) is 0 Å². The Balaban J connectivity index is 2.08. The minimum absolute atomic E-state index is 0.374. The average molecular weight is 265 g/mol. The summed E-state index contributed by atoms with van der Waals surface area (Å²) in [4.78, 5) is 4.30. The van der Waals surface area contributed by atoms with Gasteiger partial charge in [0, 0.05) is 19.3 Å². The predicted molar refractivity (Wildman–Crippen MR) is 69.3 cm³/mol. The van der Waals surface area contributed by atoms with Gasteiger partial charge in [0.1, 0.15) is 0 Å². The Morgan fingerprint density at radius 1 is 1.53 bits per heavy atom. The van der Waals surface area contributed by atoms with Gasteiger partial charge in [-0.1, -0.05) is 12.1 Å². The van der Waals surface area contributed by atoms with Crippen LogP contribution in [0.15, 0.2) is 10.7 Å². The van der Waals surface area contributed by atoms with Crippen molar-refractivity contribution in [2.45, 2.75) is 26.3 Å². The van der Waals surface area contributed by atoms with Gasteiger partial charge in [0.05, 0.1) is 24.4 Å². The van der Waals surface area contributed by atoms with Gasteiger partial charge in [0.15, 0.2) is 5.82 Å². The molecule has 1 atom stereocenters. The highest BCUT2D eigenvalue weighted by molar-refractivity contribution is 5.54. The minimum Gasteiger partial charge on any atom is -0.379 e. The van der Waals surface area contributed by atoms with E-state index in [2.05, 4.69) is 15.2 Å². The van der Waals surface area contributed by atoms with Gasteiger partial charge in [-0.25, -0.2) is 0 Å². The van der Waals surface area contributed by atoms with Crippen LogP contribution in [0.5, 0.6) is 0 Å². The molecule has 0 saturated heterocycles. The molecule has 0 aliphatic carbocycles. The molecule has 19 heavy (non-hydrogen) atoms. The van der Waals surface area contributed by atoms with E-state index in [1.165, 1.54) is 0 Å². The molecule has 0 bridgehead atoms. The Morgan fingerprint density at radius 3 is 2.95 bits per heavy atom. The Labute approximate surface area is 111 Å². The SMILES string of the molecule is CCCOCC(N)c1noc(-c2cnn(C)c2C)n1. The van der Waals surface area contributed by atoms with Gasteiger partial charge in [0.25, 0.3) is 5.89 Å². The number of nitrogens with zero attached hydrogens (tertiary/aromatic N) is 4. The summed E-state index contributed by atoms with van der Waals surface area (Å²) < 4.78 is 12.4. The van der Waals surface area contributed by atoms with E-state index in [0.717, 1.165) is 17.7 Å². The molecule has 0 amide bonds. The largest absolute Gasteiger partial charge is 0.379 e. The number of aryl methyl sites for hydroxylation is 1. The normalized spacial score (nSPS) is 12.8. The Bertz CT molecular complexity index is 534. The van der Waals surface area contributed by atoms with Gasteiger partial charge < -0.3 is 15.0 Å². The Hall–Kier alpha value is -1.73. The second-order valence-corrected chi connectivity index (χ2v) is 4.41. The minimum atomic E-state index is -0.374. The first kappa shape index (κ1) is 13.7. The van der Waals surface area contributed by atoms with E-state index in [4.69, 9.17) is 15.0 Å². The first-order chi connectivity index (χ1) is 9.13. The van der Waals surface area contributed by atoms with Gasteiger partial charge in [-0.3, -0.25) is 4.68 Å². The first-order valence-electron chi connectivity index (χ1n) is 6.29. The van der Waals surface area contributed by atoms with Crippen molar-refractivity contribution in [2.75, 3.05) is 13.2 Å². The lowest BCUT2D eigenvalue weighted by Gasteiger charge is -2.06. The highest BCUT2D eigenvalue weighted by atomic mass is 16.5. The number of aromatic nitrogens is 4. The lowest BCUT2D eigenvalue weighted by Crippen LogP contribution is -2.18. The van der Waals surface area contributed by atoms with Crippen LogP contribution in [0.4, 0.5) is 0 Å². The van der Waals surface area contributed by atoms with Crippen molar-refractivity contribution in [1.82, 2.24) is 19.9 Å². The zero-order valence-electron chi connectivity index (χ0n) is 11.5. The molecule has 104 valence electrons. The molecule has 0 spiro atoms. The molecule has 7 nitrogen and oxygen atoms in total. The lowest BCUT2D eigenvalue weighted by atomic mass is 10.2. The Morgan fingerprint density at radius 2 is 2.32 bits per heavy atom. The molecule has 2 aromatic rings. The maximum absolute atomic E-state index is 5.94. The Kier molecular flexibility index (Phi) is 4.28. The third kappa shape index (κ3) is 2.99. The second-order valence-electron chi connectivity index (χ2n) is 4.41. The quantitative estimate of drug-likeness (QED) is 0.789. The van der Waals surface area contributed by atoms with E-state index >= 15 is 0 Å². The highest BCUT2D eigenvalue weighted by Gasteiger charge is 2.18. The van der Waals surface area contributed by atoms with E-state index in [-0.39, 0.29) is 6.04 Å². The van der Waals surface area contributed by atoms with Crippen LogP contribution < -0.4 is 5.73 Å². The molecule has 2 aromatic heterocycles. The molecule has 1 unspecified atom stereocenters. The van der Waals surface area contributed by atoms with Crippen molar-refractivity contribution < 1.29 is 9.26 Å². The molecule has 0 aliphatic heterocycles. The molecule has 0 fully saturated rings. The molecule has 2 heterocycles. The zero-order chi connectivity index (χ0) is 13.8. The topological polar surface area (TPSA) is 92.0 Å². The summed E-state index contributed by atoms with van der Waals surface area (Å²) >= 11 is 0. The number of hydrogen-bond donors (Lipinski definition) is 1. The fraction of sp³-hybridized carbons (Fsp3) is 0.583. The molecule has 2 rings (SSSR count). The molecule has 0 radical (unpaired) electrons. The van der Waals surface area contributed by atoms with Crippen LogP contribution in [0.3, 0.4) is 0 Å². The van der Waals surface area contributed by atoms with Crippen molar-refractivity contribution in [2.24, 2.45) is 12.8 Å². The lowest BCUT2D eigenvalue weighted by molar-refractivity contribution is 0.119. The highest BCUT2D eigenvalue weighted by Crippen LogP contribution is 2.21. The summed E-state index contributed by atoms with van der Waals surface area (Å²) in [6, 6.07) is -0.374. The summed E-state index contributed by atoms with van der Waals surface area (Å²) in [5, 5.41) is 8.03. The van der Waals surface area contributed by atoms with Gasteiger partial charge in [0.2, 0.25) is 0 Å². The molecule has 7 heteroatoms. The van der Waals surface area contributed by atoms with Crippen molar-refractivity contribution in [3.8, 4) is 11.5 Å². The number of hydrogen-bond acceptors (Lipinski definition) is 6. The van der Waals surface area contributed by atoms with Crippen molar-refractivity contribution in [3.05, 3.63) is 17.7 Å². The third-order valence-corrected chi connectivity index (χ3v) is 2.88. The smallest absolute Gasteiger partial charge is 0.261 e. The van der Waals surface area contributed by atoms with E-state index in [1.807, 2.05) is 20.9 Å². The van der Waals surface area contributed by atoms with Crippen molar-refractivity contribution >= 4 is 0 Å². The van der Waals surface area contributed by atoms with Crippen LogP contribution in [-0.2, 0) is 11.8 Å². The molecule has 0 aliphatic rings. The van der Waals surface area contributed by atoms with E-state index < -0.39 is 0 Å². The third-order valence-electron chi connectivity index (χ3n) is 2.88. The monoisotopic (exact) mass is 265 g/mol. The maximum Gasteiger partial charge on any atom is 0.261 e. The van der Waals surface area contributed by atoms with Crippen LogP contribution in [-0.4, -0.2) is 33.1 Å². The van der Waals surface area contributed by atoms with Gasteiger partial charge in [-0.15, -0.1) is 0 Å². The number of ether oxygens (including phenoxy) is 1. The van der Waals surface area contributed by atoms with Crippen LogP contribution in [0.25, 0.3) is 11.5 Å². The molecule has 2 N–H and O–H groups in total. The summed E-state index contributed by atoms with van der Waals surface area (Å²) in [5.74, 6) is 0.890. The summed E-state index contributed by atoms with van der Waals surface area (Å²) in [7, 11) is 1.86.